The maximum Gasteiger partial charge on any atom is 0.154 e. The SMILES string of the molecule is COCCCS(=O)(=O)C1CCC(C)(C)C1N. The van der Waals surface area contributed by atoms with Gasteiger partial charge in [0.15, 0.2) is 9.84 Å². The predicted molar refractivity (Wildman–Crippen MR) is 65.1 cm³/mol. The van der Waals surface area contributed by atoms with Crippen molar-refractivity contribution in [1.29, 1.82) is 0 Å². The lowest BCUT2D eigenvalue weighted by Crippen LogP contribution is -2.44. The molecule has 0 aliphatic heterocycles. The van der Waals surface area contributed by atoms with Crippen LogP contribution in [0.2, 0.25) is 0 Å². The molecule has 5 heteroatoms. The molecule has 16 heavy (non-hydrogen) atoms. The molecule has 1 aliphatic rings. The van der Waals surface area contributed by atoms with Gasteiger partial charge in [0, 0.05) is 19.8 Å². The van der Waals surface area contributed by atoms with Crippen molar-refractivity contribution in [1.82, 2.24) is 0 Å². The molecule has 4 nitrogen and oxygen atoms in total. The molecule has 0 amide bonds. The molecule has 1 rings (SSSR count). The zero-order valence-corrected chi connectivity index (χ0v) is 11.2. The Bertz CT molecular complexity index is 324. The first-order chi connectivity index (χ1) is 7.31. The minimum absolute atomic E-state index is 0.0566. The van der Waals surface area contributed by atoms with Gasteiger partial charge >= 0.3 is 0 Å². The Morgan fingerprint density at radius 2 is 2.06 bits per heavy atom. The van der Waals surface area contributed by atoms with E-state index in [4.69, 9.17) is 10.5 Å². The molecule has 2 atom stereocenters. The Morgan fingerprint density at radius 3 is 2.50 bits per heavy atom. The van der Waals surface area contributed by atoms with Crippen LogP contribution in [-0.2, 0) is 14.6 Å². The van der Waals surface area contributed by atoms with Gasteiger partial charge in [0.2, 0.25) is 0 Å². The molecule has 1 aliphatic carbocycles. The average Bonchev–Trinajstić information content (AvgIpc) is 2.43. The molecule has 0 aromatic heterocycles. The van der Waals surface area contributed by atoms with E-state index in [2.05, 4.69) is 0 Å². The third-order valence-electron chi connectivity index (χ3n) is 3.61. The van der Waals surface area contributed by atoms with E-state index in [0.717, 1.165) is 6.42 Å². The lowest BCUT2D eigenvalue weighted by atomic mass is 9.88. The van der Waals surface area contributed by atoms with Crippen LogP contribution in [-0.4, -0.2) is 39.2 Å². The summed E-state index contributed by atoms with van der Waals surface area (Å²) in [4.78, 5) is 0. The lowest BCUT2D eigenvalue weighted by molar-refractivity contribution is 0.199. The zero-order valence-electron chi connectivity index (χ0n) is 10.4. The smallest absolute Gasteiger partial charge is 0.154 e. The van der Waals surface area contributed by atoms with Gasteiger partial charge in [-0.2, -0.15) is 0 Å². The maximum atomic E-state index is 12.1. The quantitative estimate of drug-likeness (QED) is 0.737. The van der Waals surface area contributed by atoms with Crippen molar-refractivity contribution < 1.29 is 13.2 Å². The number of nitrogens with two attached hydrogens (primary N) is 1. The molecular formula is C11H23NO3S. The fourth-order valence-corrected chi connectivity index (χ4v) is 4.44. The van der Waals surface area contributed by atoms with Gasteiger partial charge in [0.1, 0.15) is 0 Å². The van der Waals surface area contributed by atoms with E-state index in [1.54, 1.807) is 7.11 Å². The Kier molecular flexibility index (Phi) is 4.37. The van der Waals surface area contributed by atoms with Gasteiger partial charge in [-0.05, 0) is 24.7 Å². The molecule has 0 spiro atoms. The highest BCUT2D eigenvalue weighted by Gasteiger charge is 2.45. The van der Waals surface area contributed by atoms with Crippen LogP contribution in [0.15, 0.2) is 0 Å². The van der Waals surface area contributed by atoms with Gasteiger partial charge in [-0.1, -0.05) is 13.8 Å². The second-order valence-corrected chi connectivity index (χ2v) is 7.64. The van der Waals surface area contributed by atoms with Gasteiger partial charge < -0.3 is 10.5 Å². The van der Waals surface area contributed by atoms with Gasteiger partial charge in [0.05, 0.1) is 11.0 Å². The van der Waals surface area contributed by atoms with Crippen LogP contribution in [0.5, 0.6) is 0 Å². The summed E-state index contributed by atoms with van der Waals surface area (Å²) >= 11 is 0. The van der Waals surface area contributed by atoms with E-state index < -0.39 is 9.84 Å². The number of ether oxygens (including phenoxy) is 1. The van der Waals surface area contributed by atoms with Crippen LogP contribution in [0.1, 0.15) is 33.1 Å². The maximum absolute atomic E-state index is 12.1. The van der Waals surface area contributed by atoms with Crippen molar-refractivity contribution in [3.63, 3.8) is 0 Å². The molecule has 2 N–H and O–H groups in total. The molecule has 0 aromatic carbocycles. The third-order valence-corrected chi connectivity index (χ3v) is 5.92. The monoisotopic (exact) mass is 249 g/mol. The lowest BCUT2D eigenvalue weighted by Gasteiger charge is -2.26. The Hall–Kier alpha value is -0.130. The van der Waals surface area contributed by atoms with Crippen LogP contribution >= 0.6 is 0 Å². The van der Waals surface area contributed by atoms with E-state index >= 15 is 0 Å². The summed E-state index contributed by atoms with van der Waals surface area (Å²) in [5, 5.41) is -0.362. The topological polar surface area (TPSA) is 69.4 Å². The van der Waals surface area contributed by atoms with Crippen molar-refractivity contribution in [2.75, 3.05) is 19.5 Å². The van der Waals surface area contributed by atoms with Gasteiger partial charge in [-0.25, -0.2) is 8.42 Å². The predicted octanol–water partition coefficient (Wildman–Crippen LogP) is 0.954. The van der Waals surface area contributed by atoms with Gasteiger partial charge in [-0.15, -0.1) is 0 Å². The van der Waals surface area contributed by atoms with E-state index in [1.165, 1.54) is 0 Å². The standard InChI is InChI=1S/C11H23NO3S/c1-11(2)6-5-9(10(11)12)16(13,14)8-4-7-15-3/h9-10H,4-8,12H2,1-3H3. The van der Waals surface area contributed by atoms with E-state index in [-0.39, 0.29) is 22.5 Å². The van der Waals surface area contributed by atoms with Gasteiger partial charge in [-0.3, -0.25) is 0 Å². The largest absolute Gasteiger partial charge is 0.385 e. The first-order valence-corrected chi connectivity index (χ1v) is 7.49. The number of sulfone groups is 1. The molecule has 0 heterocycles. The van der Waals surface area contributed by atoms with Crippen LogP contribution < -0.4 is 5.73 Å². The molecule has 1 saturated carbocycles. The molecule has 0 bridgehead atoms. The number of hydrogen-bond acceptors (Lipinski definition) is 4. The summed E-state index contributed by atoms with van der Waals surface area (Å²) in [5.74, 6) is 0.190. The minimum atomic E-state index is -3.06. The highest BCUT2D eigenvalue weighted by Crippen LogP contribution is 2.39. The molecule has 96 valence electrons. The molecule has 0 aromatic rings. The third kappa shape index (κ3) is 2.96. The highest BCUT2D eigenvalue weighted by molar-refractivity contribution is 7.92. The van der Waals surface area contributed by atoms with Crippen molar-refractivity contribution in [3.05, 3.63) is 0 Å². The Morgan fingerprint density at radius 1 is 1.44 bits per heavy atom. The summed E-state index contributed by atoms with van der Waals surface area (Å²) in [6, 6.07) is -0.236. The number of methoxy groups -OCH3 is 1. The van der Waals surface area contributed by atoms with E-state index in [1.807, 2.05) is 13.8 Å². The summed E-state index contributed by atoms with van der Waals surface area (Å²) in [5.41, 5.74) is 5.98. The number of hydrogen-bond donors (Lipinski definition) is 1. The molecule has 0 saturated heterocycles. The normalized spacial score (nSPS) is 29.5. The molecule has 1 fully saturated rings. The van der Waals surface area contributed by atoms with Crippen molar-refractivity contribution in [2.24, 2.45) is 11.1 Å². The summed E-state index contributed by atoms with van der Waals surface area (Å²) in [6.45, 7) is 4.58. The first kappa shape index (κ1) is 13.9. The summed E-state index contributed by atoms with van der Waals surface area (Å²) in [7, 11) is -1.48. The van der Waals surface area contributed by atoms with Gasteiger partial charge in [0.25, 0.3) is 0 Å². The fraction of sp³-hybridized carbons (Fsp3) is 1.00. The van der Waals surface area contributed by atoms with Crippen LogP contribution in [0.25, 0.3) is 0 Å². The summed E-state index contributed by atoms with van der Waals surface area (Å²) in [6.07, 6.45) is 2.15. The molecule has 2 unspecified atom stereocenters. The van der Waals surface area contributed by atoms with Crippen LogP contribution in [0.3, 0.4) is 0 Å². The fourth-order valence-electron chi connectivity index (χ4n) is 2.32. The second kappa shape index (κ2) is 5.02. The van der Waals surface area contributed by atoms with Crippen molar-refractivity contribution in [2.45, 2.75) is 44.4 Å². The number of rotatable bonds is 5. The second-order valence-electron chi connectivity index (χ2n) is 5.30. The molecular weight excluding hydrogens is 226 g/mol. The zero-order chi connectivity index (χ0) is 12.4. The van der Waals surface area contributed by atoms with Crippen LogP contribution in [0.4, 0.5) is 0 Å². The van der Waals surface area contributed by atoms with Crippen molar-refractivity contribution in [3.8, 4) is 0 Å². The highest BCUT2D eigenvalue weighted by atomic mass is 32.2. The van der Waals surface area contributed by atoms with E-state index in [0.29, 0.717) is 19.4 Å². The Balaban J connectivity index is 2.64. The minimum Gasteiger partial charge on any atom is -0.385 e. The summed E-state index contributed by atoms with van der Waals surface area (Å²) < 4.78 is 29.0. The first-order valence-electron chi connectivity index (χ1n) is 5.77. The van der Waals surface area contributed by atoms with E-state index in [9.17, 15) is 8.42 Å². The van der Waals surface area contributed by atoms with Crippen molar-refractivity contribution >= 4 is 9.84 Å². The average molecular weight is 249 g/mol. The molecule has 0 radical (unpaired) electrons. The Labute approximate surface area is 98.5 Å². The van der Waals surface area contributed by atoms with Crippen LogP contribution in [0, 0.1) is 5.41 Å².